The molecule has 0 bridgehead atoms. The van der Waals surface area contributed by atoms with Crippen LogP contribution in [0.3, 0.4) is 0 Å². The van der Waals surface area contributed by atoms with E-state index in [-0.39, 0.29) is 0 Å². The molecule has 0 unspecified atom stereocenters. The molecule has 0 aliphatic carbocycles. The van der Waals surface area contributed by atoms with Crippen LogP contribution in [0.25, 0.3) is 82.1 Å². The van der Waals surface area contributed by atoms with Crippen LogP contribution in [0.15, 0.2) is 158 Å². The average Bonchev–Trinajstić information content (AvgIpc) is 3.67. The lowest BCUT2D eigenvalue weighted by Gasteiger charge is -2.12. The minimum atomic E-state index is 0.642. The van der Waals surface area contributed by atoms with E-state index in [2.05, 4.69) is 141 Å². The zero-order valence-corrected chi connectivity index (χ0v) is 25.8. The third-order valence-corrected chi connectivity index (χ3v) is 9.35. The summed E-state index contributed by atoms with van der Waals surface area (Å²) in [5.41, 5.74) is 12.4. The molecule has 9 rings (SSSR count). The Morgan fingerprint density at radius 1 is 0.438 bits per heavy atom. The van der Waals surface area contributed by atoms with E-state index < -0.39 is 0 Å². The van der Waals surface area contributed by atoms with Crippen LogP contribution in [0.5, 0.6) is 0 Å². The molecular formula is C44H26N4. The maximum absolute atomic E-state index is 9.57. The quantitative estimate of drug-likeness (QED) is 0.183. The van der Waals surface area contributed by atoms with Crippen molar-refractivity contribution in [3.05, 3.63) is 175 Å². The van der Waals surface area contributed by atoms with Crippen molar-refractivity contribution in [3.63, 3.8) is 0 Å². The van der Waals surface area contributed by atoms with Crippen LogP contribution in [0.4, 0.5) is 5.69 Å². The van der Waals surface area contributed by atoms with Gasteiger partial charge in [-0.1, -0.05) is 91.0 Å². The largest absolute Gasteiger partial charge is 0.309 e. The fourth-order valence-electron chi connectivity index (χ4n) is 7.13. The number of aromatic nitrogens is 2. The number of rotatable bonds is 4. The van der Waals surface area contributed by atoms with Crippen molar-refractivity contribution in [2.45, 2.75) is 0 Å². The van der Waals surface area contributed by atoms with Crippen molar-refractivity contribution in [3.8, 4) is 39.7 Å². The minimum Gasteiger partial charge on any atom is -0.309 e. The van der Waals surface area contributed by atoms with Crippen molar-refractivity contribution in [2.24, 2.45) is 0 Å². The summed E-state index contributed by atoms with van der Waals surface area (Å²) in [7, 11) is 0. The molecule has 4 heteroatoms. The van der Waals surface area contributed by atoms with E-state index in [1.54, 1.807) is 0 Å². The van der Waals surface area contributed by atoms with Gasteiger partial charge in [0.05, 0.1) is 40.3 Å². The van der Waals surface area contributed by atoms with E-state index in [0.717, 1.165) is 66.5 Å². The molecule has 0 saturated heterocycles. The lowest BCUT2D eigenvalue weighted by atomic mass is 10.0. The third-order valence-electron chi connectivity index (χ3n) is 9.35. The fraction of sp³-hybridized carbons (Fsp3) is 0. The normalized spacial score (nSPS) is 11.3. The van der Waals surface area contributed by atoms with Crippen molar-refractivity contribution in [2.75, 3.05) is 0 Å². The van der Waals surface area contributed by atoms with Gasteiger partial charge in [0.2, 0.25) is 0 Å². The zero-order valence-electron chi connectivity index (χ0n) is 25.8. The van der Waals surface area contributed by atoms with Crippen LogP contribution in [0.2, 0.25) is 0 Å². The molecular weight excluding hydrogens is 585 g/mol. The molecule has 222 valence electrons. The van der Waals surface area contributed by atoms with E-state index in [0.29, 0.717) is 11.3 Å². The molecule has 0 aliphatic rings. The van der Waals surface area contributed by atoms with Gasteiger partial charge in [-0.15, -0.1) is 0 Å². The number of hydrogen-bond acceptors (Lipinski definition) is 1. The van der Waals surface area contributed by atoms with Gasteiger partial charge in [0.25, 0.3) is 0 Å². The molecule has 0 saturated carbocycles. The van der Waals surface area contributed by atoms with Crippen LogP contribution in [-0.2, 0) is 0 Å². The second kappa shape index (κ2) is 10.9. The Morgan fingerprint density at radius 3 is 1.54 bits per heavy atom. The average molecular weight is 611 g/mol. The number of nitriles is 1. The van der Waals surface area contributed by atoms with E-state index in [4.69, 9.17) is 6.57 Å². The smallest absolute Gasteiger partial charge is 0.187 e. The molecule has 9 aromatic rings. The Balaban J connectivity index is 1.19. The van der Waals surface area contributed by atoms with Crippen LogP contribution < -0.4 is 0 Å². The molecule has 48 heavy (non-hydrogen) atoms. The molecule has 2 heterocycles. The Kier molecular flexibility index (Phi) is 6.22. The maximum Gasteiger partial charge on any atom is 0.187 e. The van der Waals surface area contributed by atoms with Gasteiger partial charge >= 0.3 is 0 Å². The van der Waals surface area contributed by atoms with E-state index in [1.807, 2.05) is 36.4 Å². The standard InChI is InChI=1S/C44H26N4/c1-46-34-20-17-30(18-21-34)31-8-6-10-35(25-31)48-42-15-5-3-13-38(42)40-27-33(19-23-44(40)48)32-9-7-11-36(26-32)47-41-14-4-2-12-37(41)39-24-29(28-45)16-22-43(39)47/h2-27H. The Bertz CT molecular complexity index is 2800. The summed E-state index contributed by atoms with van der Waals surface area (Å²) in [6.45, 7) is 7.30. The fourth-order valence-corrected chi connectivity index (χ4v) is 7.13. The van der Waals surface area contributed by atoms with Crippen molar-refractivity contribution >= 4 is 49.3 Å². The van der Waals surface area contributed by atoms with Crippen LogP contribution in [0, 0.1) is 17.9 Å². The summed E-state index contributed by atoms with van der Waals surface area (Å²) in [4.78, 5) is 3.54. The Morgan fingerprint density at radius 2 is 0.938 bits per heavy atom. The SMILES string of the molecule is [C-]#[N+]c1ccc(-c2cccc(-n3c4ccccc4c4cc(-c5cccc(-n6c7ccccc7c7cc(C#N)ccc76)c5)ccc43)c2)cc1. The van der Waals surface area contributed by atoms with Crippen LogP contribution in [-0.4, -0.2) is 9.13 Å². The van der Waals surface area contributed by atoms with Gasteiger partial charge in [-0.05, 0) is 89.0 Å². The predicted octanol–water partition coefficient (Wildman–Crippen LogP) is 11.6. The van der Waals surface area contributed by atoms with E-state index >= 15 is 0 Å². The summed E-state index contributed by atoms with van der Waals surface area (Å²) >= 11 is 0. The Labute approximate surface area is 277 Å². The van der Waals surface area contributed by atoms with Crippen molar-refractivity contribution < 1.29 is 0 Å². The molecule has 0 radical (unpaired) electrons. The topological polar surface area (TPSA) is 38.0 Å². The molecule has 4 nitrogen and oxygen atoms in total. The highest BCUT2D eigenvalue weighted by atomic mass is 15.0. The van der Waals surface area contributed by atoms with Gasteiger partial charge in [0, 0.05) is 32.9 Å². The molecule has 7 aromatic carbocycles. The number of nitrogens with zero attached hydrogens (tertiary/aromatic N) is 4. The van der Waals surface area contributed by atoms with E-state index in [1.165, 1.54) is 10.8 Å². The molecule has 0 aliphatic heterocycles. The lowest BCUT2D eigenvalue weighted by Crippen LogP contribution is -1.95. The maximum atomic E-state index is 9.57. The van der Waals surface area contributed by atoms with Crippen LogP contribution in [0.1, 0.15) is 5.56 Å². The van der Waals surface area contributed by atoms with Crippen molar-refractivity contribution in [1.29, 1.82) is 5.26 Å². The van der Waals surface area contributed by atoms with Gasteiger partial charge in [-0.25, -0.2) is 4.85 Å². The van der Waals surface area contributed by atoms with Gasteiger partial charge in [-0.2, -0.15) is 5.26 Å². The van der Waals surface area contributed by atoms with Gasteiger partial charge in [-0.3, -0.25) is 0 Å². The summed E-state index contributed by atoms with van der Waals surface area (Å²) < 4.78 is 4.64. The number of hydrogen-bond donors (Lipinski definition) is 0. The predicted molar refractivity (Wildman–Crippen MR) is 197 cm³/mol. The first kappa shape index (κ1) is 27.4. The lowest BCUT2D eigenvalue weighted by molar-refractivity contribution is 1.18. The van der Waals surface area contributed by atoms with Crippen LogP contribution >= 0.6 is 0 Å². The van der Waals surface area contributed by atoms with Gasteiger partial charge in [0.1, 0.15) is 0 Å². The highest BCUT2D eigenvalue weighted by Gasteiger charge is 2.16. The first-order chi connectivity index (χ1) is 23.7. The zero-order chi connectivity index (χ0) is 32.2. The second-order valence-electron chi connectivity index (χ2n) is 12.0. The molecule has 2 aromatic heterocycles. The summed E-state index contributed by atoms with van der Waals surface area (Å²) in [6.07, 6.45) is 0. The highest BCUT2D eigenvalue weighted by molar-refractivity contribution is 6.11. The molecule has 0 fully saturated rings. The summed E-state index contributed by atoms with van der Waals surface area (Å²) in [5.74, 6) is 0. The monoisotopic (exact) mass is 610 g/mol. The molecule has 0 amide bonds. The van der Waals surface area contributed by atoms with E-state index in [9.17, 15) is 5.26 Å². The van der Waals surface area contributed by atoms with Gasteiger partial charge in [0.15, 0.2) is 5.69 Å². The first-order valence-corrected chi connectivity index (χ1v) is 15.9. The molecule has 0 atom stereocenters. The number of fused-ring (bicyclic) bond motifs is 6. The second-order valence-corrected chi connectivity index (χ2v) is 12.0. The molecule has 0 spiro atoms. The molecule has 0 N–H and O–H groups in total. The third kappa shape index (κ3) is 4.29. The number of para-hydroxylation sites is 2. The summed E-state index contributed by atoms with van der Waals surface area (Å²) in [5, 5.41) is 14.2. The minimum absolute atomic E-state index is 0.642. The highest BCUT2D eigenvalue weighted by Crippen LogP contribution is 2.38. The first-order valence-electron chi connectivity index (χ1n) is 15.9. The Hall–Kier alpha value is -6.88. The number of benzene rings is 7. The summed E-state index contributed by atoms with van der Waals surface area (Å²) in [6, 6.07) is 57.1. The van der Waals surface area contributed by atoms with Gasteiger partial charge < -0.3 is 9.13 Å². The van der Waals surface area contributed by atoms with Crippen molar-refractivity contribution in [1.82, 2.24) is 9.13 Å².